The number of aliphatic carboxylic acids is 2. The zero-order valence-electron chi connectivity index (χ0n) is 25.9. The van der Waals surface area contributed by atoms with E-state index in [0.717, 1.165) is 40.5 Å². The Labute approximate surface area is 265 Å². The maximum absolute atomic E-state index is 12.6. The van der Waals surface area contributed by atoms with Crippen LogP contribution in [0, 0.1) is 11.8 Å². The number of amides is 1. The van der Waals surface area contributed by atoms with Gasteiger partial charge in [-0.2, -0.15) is 0 Å². The minimum atomic E-state index is -0.996. The second kappa shape index (κ2) is 15.1. The van der Waals surface area contributed by atoms with Crippen molar-refractivity contribution in [1.82, 2.24) is 4.90 Å². The fourth-order valence-electron chi connectivity index (χ4n) is 5.00. The molecule has 12 heteroatoms. The highest BCUT2D eigenvalue weighted by atomic mass is 32.1. The molecule has 0 saturated heterocycles. The molecule has 2 heterocycles. The van der Waals surface area contributed by atoms with Crippen LogP contribution < -0.4 is 18.9 Å². The number of carboxylic acid groups (broad SMARTS) is 2. The highest BCUT2D eigenvalue weighted by Gasteiger charge is 2.28. The fourth-order valence-corrected chi connectivity index (χ4v) is 6.02. The van der Waals surface area contributed by atoms with E-state index in [1.807, 2.05) is 24.3 Å². The SMILES string of the molecule is COc1cc2c(cc1OCCCCCOc1cc3cc(C(=O)C[C@H](C)C(=O)O)sc3cc1OC)CN(C(=O)C[C@H](C)C(=O)O)C2. The molecule has 0 spiro atoms. The van der Waals surface area contributed by atoms with Crippen molar-refractivity contribution < 1.29 is 48.3 Å². The van der Waals surface area contributed by atoms with Crippen molar-refractivity contribution >= 4 is 45.1 Å². The molecule has 1 aliphatic rings. The molecule has 1 aliphatic heterocycles. The monoisotopic (exact) mass is 641 g/mol. The molecule has 2 aromatic carbocycles. The Morgan fingerprint density at radius 2 is 1.29 bits per heavy atom. The van der Waals surface area contributed by atoms with Gasteiger partial charge in [0, 0.05) is 36.7 Å². The van der Waals surface area contributed by atoms with E-state index < -0.39 is 23.8 Å². The summed E-state index contributed by atoms with van der Waals surface area (Å²) in [7, 11) is 3.13. The van der Waals surface area contributed by atoms with Crippen LogP contribution in [0.15, 0.2) is 30.3 Å². The van der Waals surface area contributed by atoms with Gasteiger partial charge in [0.25, 0.3) is 0 Å². The molecule has 1 aromatic heterocycles. The van der Waals surface area contributed by atoms with Crippen LogP contribution in [0.5, 0.6) is 23.0 Å². The lowest BCUT2D eigenvalue weighted by Gasteiger charge is -2.16. The van der Waals surface area contributed by atoms with Crippen molar-refractivity contribution in [2.45, 2.75) is 59.0 Å². The molecule has 11 nitrogen and oxygen atoms in total. The third-order valence-corrected chi connectivity index (χ3v) is 8.90. The average Bonchev–Trinajstić information content (AvgIpc) is 3.63. The fraction of sp³-hybridized carbons (Fsp3) is 0.455. The molecule has 0 radical (unpaired) electrons. The first kappa shape index (κ1) is 33.6. The third kappa shape index (κ3) is 8.44. The Morgan fingerprint density at radius 3 is 1.87 bits per heavy atom. The van der Waals surface area contributed by atoms with Gasteiger partial charge in [-0.05, 0) is 60.0 Å². The number of Topliss-reactive ketones (excluding diaryl/α,β-unsaturated/α-hetero) is 1. The van der Waals surface area contributed by atoms with E-state index in [0.29, 0.717) is 54.2 Å². The molecule has 0 unspecified atom stereocenters. The van der Waals surface area contributed by atoms with Crippen molar-refractivity contribution in [2.24, 2.45) is 11.8 Å². The van der Waals surface area contributed by atoms with Crippen LogP contribution in [0.3, 0.4) is 0 Å². The number of nitrogens with zero attached hydrogens (tertiary/aromatic N) is 1. The number of carbonyl (C=O) groups is 4. The van der Waals surface area contributed by atoms with Gasteiger partial charge in [-0.1, -0.05) is 13.8 Å². The summed E-state index contributed by atoms with van der Waals surface area (Å²) < 4.78 is 23.9. The molecule has 242 valence electrons. The molecule has 4 rings (SSSR count). The molecule has 45 heavy (non-hydrogen) atoms. The molecule has 0 bridgehead atoms. The maximum atomic E-state index is 12.6. The van der Waals surface area contributed by atoms with E-state index in [9.17, 15) is 19.2 Å². The Bertz CT molecular complexity index is 1560. The number of ketones is 1. The van der Waals surface area contributed by atoms with Crippen molar-refractivity contribution in [3.63, 3.8) is 0 Å². The average molecular weight is 642 g/mol. The van der Waals surface area contributed by atoms with Gasteiger partial charge in [-0.15, -0.1) is 11.3 Å². The number of methoxy groups -OCH3 is 2. The maximum Gasteiger partial charge on any atom is 0.306 e. The molecule has 0 fully saturated rings. The molecule has 0 saturated carbocycles. The van der Waals surface area contributed by atoms with Gasteiger partial charge in [0.1, 0.15) is 0 Å². The smallest absolute Gasteiger partial charge is 0.306 e. The first-order chi connectivity index (χ1) is 21.5. The van der Waals surface area contributed by atoms with Crippen LogP contribution in [-0.2, 0) is 27.5 Å². The summed E-state index contributed by atoms with van der Waals surface area (Å²) in [4.78, 5) is 49.6. The number of hydrogen-bond donors (Lipinski definition) is 2. The molecule has 1 amide bonds. The van der Waals surface area contributed by atoms with Gasteiger partial charge in [0.05, 0.1) is 44.1 Å². The molecule has 0 aliphatic carbocycles. The summed E-state index contributed by atoms with van der Waals surface area (Å²) in [6.45, 7) is 4.79. The third-order valence-electron chi connectivity index (χ3n) is 7.76. The predicted octanol–water partition coefficient (Wildman–Crippen LogP) is 5.79. The Kier molecular flexibility index (Phi) is 11.3. The summed E-state index contributed by atoms with van der Waals surface area (Å²) in [6, 6.07) is 9.20. The number of benzene rings is 2. The number of thiophene rings is 1. The van der Waals surface area contributed by atoms with Crippen molar-refractivity contribution in [3.05, 3.63) is 46.3 Å². The number of unbranched alkanes of at least 4 members (excludes halogenated alkanes) is 2. The molecular formula is C33H39NO10S. The molecular weight excluding hydrogens is 602 g/mol. The molecule has 3 aromatic rings. The Morgan fingerprint density at radius 1 is 0.756 bits per heavy atom. The van der Waals surface area contributed by atoms with Crippen LogP contribution >= 0.6 is 11.3 Å². The summed E-state index contributed by atoms with van der Waals surface area (Å²) in [5.41, 5.74) is 1.91. The van der Waals surface area contributed by atoms with Crippen LogP contribution in [0.2, 0.25) is 0 Å². The number of hydrogen-bond acceptors (Lipinski definition) is 9. The number of rotatable bonds is 17. The van der Waals surface area contributed by atoms with Gasteiger partial charge < -0.3 is 34.1 Å². The number of carboxylic acids is 2. The van der Waals surface area contributed by atoms with Gasteiger partial charge >= 0.3 is 11.9 Å². The zero-order valence-corrected chi connectivity index (χ0v) is 26.7. The normalized spacial score (nSPS) is 13.6. The number of carbonyl (C=O) groups excluding carboxylic acids is 2. The lowest BCUT2D eigenvalue weighted by Crippen LogP contribution is -2.28. The van der Waals surface area contributed by atoms with Crippen molar-refractivity contribution in [3.8, 4) is 23.0 Å². The van der Waals surface area contributed by atoms with Crippen LogP contribution in [-0.4, -0.2) is 66.2 Å². The minimum Gasteiger partial charge on any atom is -0.493 e. The lowest BCUT2D eigenvalue weighted by molar-refractivity contribution is -0.145. The van der Waals surface area contributed by atoms with Gasteiger partial charge in [-0.25, -0.2) is 0 Å². The minimum absolute atomic E-state index is 0.0413. The van der Waals surface area contributed by atoms with Crippen LogP contribution in [0.1, 0.15) is 66.8 Å². The van der Waals surface area contributed by atoms with E-state index in [2.05, 4.69) is 0 Å². The number of ether oxygens (including phenoxy) is 4. The summed E-state index contributed by atoms with van der Waals surface area (Å²) >= 11 is 1.31. The highest BCUT2D eigenvalue weighted by molar-refractivity contribution is 7.20. The summed E-state index contributed by atoms with van der Waals surface area (Å²) in [6.07, 6.45) is 2.31. The first-order valence-electron chi connectivity index (χ1n) is 14.8. The van der Waals surface area contributed by atoms with E-state index in [1.165, 1.54) is 25.2 Å². The van der Waals surface area contributed by atoms with E-state index in [4.69, 9.17) is 29.2 Å². The summed E-state index contributed by atoms with van der Waals surface area (Å²) in [5.74, 6) is -1.54. The Hall–Kier alpha value is -4.32. The standard InChI is InChI=1S/C33H39NO10S/c1-19(32(37)38)10-24(35)30-15-21-12-27(26(42-4)16-29(21)45-30)43-8-6-5-7-9-44-28-14-23-18-34(17-22(23)13-25(28)41-3)31(36)11-20(2)33(39)40/h12-16,19-20H,5-11,17-18H2,1-4H3,(H,37,38)(H,39,40)/t19-,20-/m0/s1. The van der Waals surface area contributed by atoms with Crippen LogP contribution in [0.4, 0.5) is 0 Å². The van der Waals surface area contributed by atoms with E-state index in [1.54, 1.807) is 25.2 Å². The Balaban J connectivity index is 1.25. The van der Waals surface area contributed by atoms with Crippen molar-refractivity contribution in [2.75, 3.05) is 27.4 Å². The first-order valence-corrected chi connectivity index (χ1v) is 15.7. The zero-order chi connectivity index (χ0) is 32.7. The predicted molar refractivity (Wildman–Crippen MR) is 168 cm³/mol. The van der Waals surface area contributed by atoms with Gasteiger partial charge in [-0.3, -0.25) is 19.2 Å². The van der Waals surface area contributed by atoms with E-state index >= 15 is 0 Å². The summed E-state index contributed by atoms with van der Waals surface area (Å²) in [5, 5.41) is 19.1. The molecule has 2 N–H and O–H groups in total. The lowest BCUT2D eigenvalue weighted by atomic mass is 10.0. The number of fused-ring (bicyclic) bond motifs is 2. The topological polar surface area (TPSA) is 149 Å². The second-order valence-electron chi connectivity index (χ2n) is 11.2. The molecule has 2 atom stereocenters. The van der Waals surface area contributed by atoms with Gasteiger partial charge in [0.15, 0.2) is 28.8 Å². The van der Waals surface area contributed by atoms with Crippen LogP contribution in [0.25, 0.3) is 10.1 Å². The van der Waals surface area contributed by atoms with Gasteiger partial charge in [0.2, 0.25) is 5.91 Å². The quantitative estimate of drug-likeness (QED) is 0.137. The largest absolute Gasteiger partial charge is 0.493 e. The highest BCUT2D eigenvalue weighted by Crippen LogP contribution is 2.38. The van der Waals surface area contributed by atoms with Crippen molar-refractivity contribution in [1.29, 1.82) is 0 Å². The van der Waals surface area contributed by atoms with E-state index in [-0.39, 0.29) is 24.5 Å². The second-order valence-corrected chi connectivity index (χ2v) is 12.3.